The summed E-state index contributed by atoms with van der Waals surface area (Å²) < 4.78 is 5.13. The number of methoxy groups -OCH3 is 1. The molecule has 2 aromatic heterocycles. The lowest BCUT2D eigenvalue weighted by molar-refractivity contribution is -0.115. The van der Waals surface area contributed by atoms with E-state index in [2.05, 4.69) is 30.1 Å². The van der Waals surface area contributed by atoms with E-state index in [9.17, 15) is 4.79 Å². The summed E-state index contributed by atoms with van der Waals surface area (Å²) >= 11 is 0. The largest absolute Gasteiger partial charge is 0.383 e. The Balaban J connectivity index is 0.00000140. The highest BCUT2D eigenvalue weighted by Gasteiger charge is 2.27. The SMILES string of the molecule is COCCN1CCN(C2=N/C(=C\c3c[nH]c4ncccc34)C(=O)N2)CC1.Cl.Cl.Cl. The van der Waals surface area contributed by atoms with Gasteiger partial charge in [-0.15, -0.1) is 37.2 Å². The summed E-state index contributed by atoms with van der Waals surface area (Å²) in [6.07, 6.45) is 5.39. The molecule has 2 aliphatic rings. The molecule has 0 saturated carbocycles. The zero-order chi connectivity index (χ0) is 17.9. The van der Waals surface area contributed by atoms with Crippen molar-refractivity contribution in [1.82, 2.24) is 25.1 Å². The van der Waals surface area contributed by atoms with E-state index < -0.39 is 0 Å². The number of nitrogens with zero attached hydrogens (tertiary/aromatic N) is 4. The molecule has 0 aromatic carbocycles. The molecule has 0 bridgehead atoms. The van der Waals surface area contributed by atoms with Crippen molar-refractivity contribution >= 4 is 66.2 Å². The third-order valence-electron chi connectivity index (χ3n) is 4.74. The molecule has 0 atom stereocenters. The molecule has 0 spiro atoms. The minimum absolute atomic E-state index is 0. The second-order valence-electron chi connectivity index (χ2n) is 6.38. The van der Waals surface area contributed by atoms with E-state index in [4.69, 9.17) is 4.74 Å². The number of guanidine groups is 1. The number of aromatic nitrogens is 2. The minimum atomic E-state index is -0.167. The maximum atomic E-state index is 12.3. The van der Waals surface area contributed by atoms with Crippen molar-refractivity contribution in [2.75, 3.05) is 46.4 Å². The predicted molar refractivity (Wildman–Crippen MR) is 121 cm³/mol. The predicted octanol–water partition coefficient (Wildman–Crippen LogP) is 1.92. The molecule has 1 amide bonds. The quantitative estimate of drug-likeness (QED) is 0.677. The molecule has 8 nitrogen and oxygen atoms in total. The first kappa shape index (κ1) is 25.2. The second-order valence-corrected chi connectivity index (χ2v) is 6.38. The maximum Gasteiger partial charge on any atom is 0.276 e. The molecule has 1 saturated heterocycles. The van der Waals surface area contributed by atoms with Crippen molar-refractivity contribution in [3.63, 3.8) is 0 Å². The van der Waals surface area contributed by atoms with Crippen molar-refractivity contribution < 1.29 is 9.53 Å². The summed E-state index contributed by atoms with van der Waals surface area (Å²) in [4.78, 5) is 28.7. The molecule has 2 N–H and O–H groups in total. The fraction of sp³-hybridized carbons (Fsp3) is 0.389. The molecule has 29 heavy (non-hydrogen) atoms. The van der Waals surface area contributed by atoms with Gasteiger partial charge in [-0.25, -0.2) is 9.98 Å². The van der Waals surface area contributed by atoms with Crippen LogP contribution in [0.3, 0.4) is 0 Å². The van der Waals surface area contributed by atoms with Gasteiger partial charge in [0.2, 0.25) is 5.96 Å². The standard InChI is InChI=1S/C18H22N6O2.3ClH/c1-26-10-9-23-5-7-24(8-6-23)18-21-15(17(25)22-18)11-13-12-20-16-14(13)3-2-4-19-16;;;/h2-4,11-12H,5-10H2,1H3,(H,19,20)(H,21,22,25);3*1H/b15-11-;;;. The summed E-state index contributed by atoms with van der Waals surface area (Å²) in [5.41, 5.74) is 2.13. The Morgan fingerprint density at radius 1 is 1.21 bits per heavy atom. The number of halogens is 3. The number of rotatable bonds is 4. The van der Waals surface area contributed by atoms with Gasteiger partial charge in [-0.3, -0.25) is 15.0 Å². The summed E-state index contributed by atoms with van der Waals surface area (Å²) in [5, 5.41) is 3.87. The highest BCUT2D eigenvalue weighted by molar-refractivity contribution is 6.14. The number of nitrogens with one attached hydrogen (secondary N) is 2. The van der Waals surface area contributed by atoms with Gasteiger partial charge in [-0.2, -0.15) is 0 Å². The fourth-order valence-corrected chi connectivity index (χ4v) is 3.25. The van der Waals surface area contributed by atoms with Crippen LogP contribution in [0.15, 0.2) is 35.2 Å². The van der Waals surface area contributed by atoms with Crippen molar-refractivity contribution in [3.8, 4) is 0 Å². The Morgan fingerprint density at radius 2 is 1.97 bits per heavy atom. The highest BCUT2D eigenvalue weighted by atomic mass is 35.5. The van der Waals surface area contributed by atoms with E-state index in [0.29, 0.717) is 11.7 Å². The third-order valence-corrected chi connectivity index (χ3v) is 4.74. The number of pyridine rings is 1. The van der Waals surface area contributed by atoms with Crippen molar-refractivity contribution in [2.45, 2.75) is 0 Å². The molecule has 4 heterocycles. The smallest absolute Gasteiger partial charge is 0.276 e. The lowest BCUT2D eigenvalue weighted by atomic mass is 10.2. The van der Waals surface area contributed by atoms with E-state index >= 15 is 0 Å². The topological polar surface area (TPSA) is 85.8 Å². The van der Waals surface area contributed by atoms with Crippen LogP contribution in [0.25, 0.3) is 17.1 Å². The van der Waals surface area contributed by atoms with Crippen molar-refractivity contribution in [1.29, 1.82) is 0 Å². The zero-order valence-electron chi connectivity index (χ0n) is 16.0. The van der Waals surface area contributed by atoms with Crippen LogP contribution in [0.4, 0.5) is 0 Å². The van der Waals surface area contributed by atoms with Crippen LogP contribution in [0.2, 0.25) is 0 Å². The van der Waals surface area contributed by atoms with Crippen LogP contribution in [0, 0.1) is 0 Å². The Bertz CT molecular complexity index is 877. The molecule has 1 fully saturated rings. The molecule has 2 aliphatic heterocycles. The van der Waals surface area contributed by atoms with Crippen LogP contribution in [0.5, 0.6) is 0 Å². The van der Waals surface area contributed by atoms with Crippen LogP contribution in [-0.4, -0.2) is 78.1 Å². The van der Waals surface area contributed by atoms with Gasteiger partial charge in [-0.05, 0) is 18.2 Å². The van der Waals surface area contributed by atoms with Gasteiger partial charge in [0.05, 0.1) is 6.61 Å². The Morgan fingerprint density at radius 3 is 2.69 bits per heavy atom. The number of aromatic amines is 1. The number of fused-ring (bicyclic) bond motifs is 1. The first-order valence-corrected chi connectivity index (χ1v) is 8.74. The van der Waals surface area contributed by atoms with Crippen LogP contribution in [-0.2, 0) is 9.53 Å². The molecule has 0 radical (unpaired) electrons. The highest BCUT2D eigenvalue weighted by Crippen LogP contribution is 2.20. The number of carbonyl (C=O) groups excluding carboxylic acids is 1. The lowest BCUT2D eigenvalue weighted by Crippen LogP contribution is -2.52. The summed E-state index contributed by atoms with van der Waals surface area (Å²) in [6.45, 7) is 5.23. The molecular formula is C18H25Cl3N6O2. The van der Waals surface area contributed by atoms with E-state index in [-0.39, 0.29) is 43.1 Å². The maximum absolute atomic E-state index is 12.3. The molecule has 160 valence electrons. The average molecular weight is 464 g/mol. The monoisotopic (exact) mass is 462 g/mol. The fourth-order valence-electron chi connectivity index (χ4n) is 3.25. The van der Waals surface area contributed by atoms with Gasteiger partial charge >= 0.3 is 0 Å². The number of aliphatic imine (C=N–C) groups is 1. The Labute approximate surface area is 188 Å². The summed E-state index contributed by atoms with van der Waals surface area (Å²) in [7, 11) is 1.72. The van der Waals surface area contributed by atoms with E-state index in [1.54, 1.807) is 19.4 Å². The lowest BCUT2D eigenvalue weighted by Gasteiger charge is -2.35. The van der Waals surface area contributed by atoms with Gasteiger partial charge in [0, 0.05) is 63.2 Å². The number of carbonyl (C=O) groups is 1. The zero-order valence-corrected chi connectivity index (χ0v) is 18.4. The van der Waals surface area contributed by atoms with Crippen molar-refractivity contribution in [3.05, 3.63) is 35.8 Å². The molecule has 11 heteroatoms. The Kier molecular flexibility index (Phi) is 9.88. The number of hydrogen-bond acceptors (Lipinski definition) is 6. The molecule has 0 unspecified atom stereocenters. The first-order valence-electron chi connectivity index (χ1n) is 8.74. The summed E-state index contributed by atoms with van der Waals surface area (Å²) in [5.74, 6) is 0.477. The van der Waals surface area contributed by atoms with Gasteiger partial charge in [0.25, 0.3) is 5.91 Å². The normalized spacial score (nSPS) is 18.0. The van der Waals surface area contributed by atoms with Crippen molar-refractivity contribution in [2.24, 2.45) is 4.99 Å². The van der Waals surface area contributed by atoms with Gasteiger partial charge in [0.1, 0.15) is 11.3 Å². The third kappa shape index (κ3) is 5.61. The van der Waals surface area contributed by atoms with Crippen LogP contribution in [0.1, 0.15) is 5.56 Å². The molecule has 4 rings (SSSR count). The number of piperazine rings is 1. The second kappa shape index (κ2) is 11.4. The van der Waals surface area contributed by atoms with Crippen LogP contribution >= 0.6 is 37.2 Å². The van der Waals surface area contributed by atoms with E-state index in [1.807, 2.05) is 18.3 Å². The molecule has 0 aliphatic carbocycles. The molecular weight excluding hydrogens is 439 g/mol. The first-order chi connectivity index (χ1) is 12.7. The number of H-pyrrole nitrogens is 1. The van der Waals surface area contributed by atoms with Crippen LogP contribution < -0.4 is 5.32 Å². The van der Waals surface area contributed by atoms with Gasteiger partial charge in [-0.1, -0.05) is 0 Å². The molecule has 2 aromatic rings. The summed E-state index contributed by atoms with van der Waals surface area (Å²) in [6, 6.07) is 3.85. The minimum Gasteiger partial charge on any atom is -0.383 e. The van der Waals surface area contributed by atoms with Gasteiger partial charge in [0.15, 0.2) is 0 Å². The number of amides is 1. The van der Waals surface area contributed by atoms with Gasteiger partial charge < -0.3 is 14.6 Å². The van der Waals surface area contributed by atoms with E-state index in [0.717, 1.165) is 55.9 Å². The number of ether oxygens (including phenoxy) is 1. The van der Waals surface area contributed by atoms with E-state index in [1.165, 1.54) is 0 Å². The Hall–Kier alpha value is -1.84. The number of hydrogen-bond donors (Lipinski definition) is 2. The average Bonchev–Trinajstić information content (AvgIpc) is 3.25.